The summed E-state index contributed by atoms with van der Waals surface area (Å²) in [5.41, 5.74) is 0. The van der Waals surface area contributed by atoms with Crippen molar-refractivity contribution in [1.29, 1.82) is 0 Å². The largest absolute Gasteiger partial charge is 0.379 e. The van der Waals surface area contributed by atoms with Gasteiger partial charge in [0.25, 0.3) is 0 Å². The van der Waals surface area contributed by atoms with Crippen LogP contribution in [0.4, 0.5) is 0 Å². The summed E-state index contributed by atoms with van der Waals surface area (Å²) >= 11 is 0. The van der Waals surface area contributed by atoms with Gasteiger partial charge in [-0.15, -0.1) is 0 Å². The van der Waals surface area contributed by atoms with Crippen molar-refractivity contribution < 1.29 is 4.74 Å². The number of nitrogens with one attached hydrogen (secondary N) is 1. The minimum absolute atomic E-state index is 0.808. The fourth-order valence-electron chi connectivity index (χ4n) is 4.77. The van der Waals surface area contributed by atoms with Crippen LogP contribution in [0.5, 0.6) is 0 Å². The maximum atomic E-state index is 5.43. The lowest BCUT2D eigenvalue weighted by atomic mass is 9.71. The second kappa shape index (κ2) is 8.50. The van der Waals surface area contributed by atoms with Gasteiger partial charge in [0, 0.05) is 32.2 Å². The summed E-state index contributed by atoms with van der Waals surface area (Å²) in [6, 6.07) is 0.808. The van der Waals surface area contributed by atoms with Gasteiger partial charge in [-0.2, -0.15) is 0 Å². The van der Waals surface area contributed by atoms with Gasteiger partial charge in [-0.05, 0) is 24.7 Å². The Morgan fingerprint density at radius 3 is 2.38 bits per heavy atom. The summed E-state index contributed by atoms with van der Waals surface area (Å²) in [4.78, 5) is 2.55. The van der Waals surface area contributed by atoms with Crippen molar-refractivity contribution >= 4 is 0 Å². The van der Waals surface area contributed by atoms with E-state index in [4.69, 9.17) is 4.74 Å². The molecule has 0 amide bonds. The van der Waals surface area contributed by atoms with E-state index < -0.39 is 0 Å². The van der Waals surface area contributed by atoms with Gasteiger partial charge < -0.3 is 10.1 Å². The normalized spacial score (nSPS) is 33.1. The Labute approximate surface area is 130 Å². The molecule has 3 fully saturated rings. The average molecular weight is 294 g/mol. The van der Waals surface area contributed by atoms with E-state index in [0.29, 0.717) is 0 Å². The lowest BCUT2D eigenvalue weighted by Gasteiger charge is -2.40. The van der Waals surface area contributed by atoms with E-state index in [1.54, 1.807) is 0 Å². The Morgan fingerprint density at radius 2 is 1.57 bits per heavy atom. The molecule has 1 aliphatic heterocycles. The van der Waals surface area contributed by atoms with Crippen molar-refractivity contribution in [2.45, 2.75) is 63.8 Å². The number of ether oxygens (including phenoxy) is 1. The van der Waals surface area contributed by atoms with E-state index >= 15 is 0 Å². The van der Waals surface area contributed by atoms with E-state index in [1.165, 1.54) is 70.9 Å². The molecule has 0 radical (unpaired) electrons. The second-order valence-electron chi connectivity index (χ2n) is 7.36. The zero-order chi connectivity index (χ0) is 14.3. The minimum Gasteiger partial charge on any atom is -0.379 e. The molecule has 1 heterocycles. The van der Waals surface area contributed by atoms with Gasteiger partial charge in [0.1, 0.15) is 0 Å². The molecule has 0 aromatic heterocycles. The number of rotatable bonds is 5. The molecule has 1 N–H and O–H groups in total. The summed E-state index contributed by atoms with van der Waals surface area (Å²) in [5, 5.41) is 3.93. The highest BCUT2D eigenvalue weighted by atomic mass is 16.5. The number of hydrogen-bond acceptors (Lipinski definition) is 3. The molecule has 2 atom stereocenters. The lowest BCUT2D eigenvalue weighted by Crippen LogP contribution is -2.46. The third-order valence-electron chi connectivity index (χ3n) is 6.01. The molecule has 3 nitrogen and oxygen atoms in total. The summed E-state index contributed by atoms with van der Waals surface area (Å²) in [7, 11) is 0. The van der Waals surface area contributed by atoms with Crippen molar-refractivity contribution in [1.82, 2.24) is 10.2 Å². The molecule has 0 spiro atoms. The number of hydrogen-bond donors (Lipinski definition) is 1. The van der Waals surface area contributed by atoms with E-state index in [-0.39, 0.29) is 0 Å². The van der Waals surface area contributed by atoms with Crippen molar-refractivity contribution in [3.63, 3.8) is 0 Å². The molecular weight excluding hydrogens is 260 g/mol. The summed E-state index contributed by atoms with van der Waals surface area (Å²) in [6.07, 6.45) is 13.3. The molecule has 3 rings (SSSR count). The predicted octanol–water partition coefficient (Wildman–Crippen LogP) is 3.05. The second-order valence-corrected chi connectivity index (χ2v) is 7.36. The predicted molar refractivity (Wildman–Crippen MR) is 87.6 cm³/mol. The van der Waals surface area contributed by atoms with Crippen molar-refractivity contribution in [2.75, 3.05) is 39.4 Å². The van der Waals surface area contributed by atoms with Crippen LogP contribution in [0, 0.1) is 11.8 Å². The first-order valence-corrected chi connectivity index (χ1v) is 9.47. The van der Waals surface area contributed by atoms with Crippen LogP contribution >= 0.6 is 0 Å². The van der Waals surface area contributed by atoms with Crippen LogP contribution < -0.4 is 5.32 Å². The van der Waals surface area contributed by atoms with Crippen LogP contribution in [-0.4, -0.2) is 50.3 Å². The van der Waals surface area contributed by atoms with E-state index in [1.807, 2.05) is 0 Å². The highest BCUT2D eigenvalue weighted by Crippen LogP contribution is 2.38. The molecule has 0 aromatic carbocycles. The maximum Gasteiger partial charge on any atom is 0.0594 e. The van der Waals surface area contributed by atoms with Gasteiger partial charge in [-0.25, -0.2) is 0 Å². The quantitative estimate of drug-likeness (QED) is 0.843. The smallest absolute Gasteiger partial charge is 0.0594 e. The molecule has 122 valence electrons. The van der Waals surface area contributed by atoms with E-state index in [2.05, 4.69) is 10.2 Å². The van der Waals surface area contributed by atoms with Crippen LogP contribution in [0.3, 0.4) is 0 Å². The molecule has 1 saturated heterocycles. The SMILES string of the molecule is C1CCC(C2CCCCC2NCCN2CCOCC2)CC1. The molecule has 2 aliphatic carbocycles. The van der Waals surface area contributed by atoms with Gasteiger partial charge in [-0.1, -0.05) is 44.9 Å². The third kappa shape index (κ3) is 4.67. The van der Waals surface area contributed by atoms with Crippen LogP contribution in [0.2, 0.25) is 0 Å². The van der Waals surface area contributed by atoms with E-state index in [9.17, 15) is 0 Å². The molecule has 2 saturated carbocycles. The van der Waals surface area contributed by atoms with Crippen LogP contribution in [0.15, 0.2) is 0 Å². The van der Waals surface area contributed by atoms with Crippen molar-refractivity contribution in [3.05, 3.63) is 0 Å². The number of nitrogens with zero attached hydrogens (tertiary/aromatic N) is 1. The fraction of sp³-hybridized carbons (Fsp3) is 1.00. The highest BCUT2D eigenvalue weighted by Gasteiger charge is 2.32. The summed E-state index contributed by atoms with van der Waals surface area (Å²) in [5.74, 6) is 2.00. The Kier molecular flexibility index (Phi) is 6.38. The Balaban J connectivity index is 1.42. The molecule has 2 unspecified atom stereocenters. The standard InChI is InChI=1S/C18H34N2O/c1-2-6-16(7-3-1)17-8-4-5-9-18(17)19-10-11-20-12-14-21-15-13-20/h16-19H,1-15H2. The molecule has 3 heteroatoms. The number of morpholine rings is 1. The molecule has 0 bridgehead atoms. The minimum atomic E-state index is 0.808. The van der Waals surface area contributed by atoms with Crippen LogP contribution in [0.25, 0.3) is 0 Å². The van der Waals surface area contributed by atoms with Gasteiger partial charge in [0.15, 0.2) is 0 Å². The summed E-state index contributed by atoms with van der Waals surface area (Å²) in [6.45, 7) is 6.48. The Morgan fingerprint density at radius 1 is 0.857 bits per heavy atom. The van der Waals surface area contributed by atoms with Gasteiger partial charge >= 0.3 is 0 Å². The molecule has 21 heavy (non-hydrogen) atoms. The topological polar surface area (TPSA) is 24.5 Å². The zero-order valence-electron chi connectivity index (χ0n) is 13.7. The highest BCUT2D eigenvalue weighted by molar-refractivity contribution is 4.87. The first-order valence-electron chi connectivity index (χ1n) is 9.47. The van der Waals surface area contributed by atoms with Crippen molar-refractivity contribution in [2.24, 2.45) is 11.8 Å². The zero-order valence-corrected chi connectivity index (χ0v) is 13.7. The van der Waals surface area contributed by atoms with Gasteiger partial charge in [0.05, 0.1) is 13.2 Å². The monoisotopic (exact) mass is 294 g/mol. The lowest BCUT2D eigenvalue weighted by molar-refractivity contribution is 0.0371. The summed E-state index contributed by atoms with van der Waals surface area (Å²) < 4.78 is 5.43. The third-order valence-corrected chi connectivity index (χ3v) is 6.01. The Bertz CT molecular complexity index is 285. The van der Waals surface area contributed by atoms with Gasteiger partial charge in [-0.3, -0.25) is 4.90 Å². The van der Waals surface area contributed by atoms with Crippen LogP contribution in [-0.2, 0) is 4.74 Å². The van der Waals surface area contributed by atoms with Gasteiger partial charge in [0.2, 0.25) is 0 Å². The van der Waals surface area contributed by atoms with Crippen molar-refractivity contribution in [3.8, 4) is 0 Å². The van der Waals surface area contributed by atoms with E-state index in [0.717, 1.165) is 44.2 Å². The first kappa shape index (κ1) is 15.8. The first-order chi connectivity index (χ1) is 10.4. The molecular formula is C18H34N2O. The average Bonchev–Trinajstić information content (AvgIpc) is 2.57. The Hall–Kier alpha value is -0.120. The van der Waals surface area contributed by atoms with Crippen LogP contribution in [0.1, 0.15) is 57.8 Å². The fourth-order valence-corrected chi connectivity index (χ4v) is 4.77. The molecule has 3 aliphatic rings. The molecule has 0 aromatic rings. The maximum absolute atomic E-state index is 5.43.